The zero-order valence-electron chi connectivity index (χ0n) is 7.10. The van der Waals surface area contributed by atoms with Gasteiger partial charge in [-0.3, -0.25) is 4.79 Å². The maximum absolute atomic E-state index is 10.2. The molecule has 1 aromatic carbocycles. The SMILES string of the molecule is O=CNC1Cc2ccccc2C1O. The van der Waals surface area contributed by atoms with Crippen molar-refractivity contribution in [2.75, 3.05) is 0 Å². The Hall–Kier alpha value is -1.35. The predicted molar refractivity (Wildman–Crippen MR) is 48.1 cm³/mol. The van der Waals surface area contributed by atoms with Crippen molar-refractivity contribution in [1.29, 1.82) is 0 Å². The highest BCUT2D eigenvalue weighted by Crippen LogP contribution is 2.30. The van der Waals surface area contributed by atoms with E-state index in [0.29, 0.717) is 6.41 Å². The Morgan fingerprint density at radius 3 is 2.92 bits per heavy atom. The molecular weight excluding hydrogens is 166 g/mol. The maximum atomic E-state index is 10.2. The summed E-state index contributed by atoms with van der Waals surface area (Å²) in [7, 11) is 0. The number of fused-ring (bicyclic) bond motifs is 1. The molecule has 0 aliphatic heterocycles. The van der Waals surface area contributed by atoms with Crippen LogP contribution >= 0.6 is 0 Å². The van der Waals surface area contributed by atoms with Crippen LogP contribution in [0.3, 0.4) is 0 Å². The molecule has 0 saturated heterocycles. The van der Waals surface area contributed by atoms with Gasteiger partial charge in [0.2, 0.25) is 6.41 Å². The Labute approximate surface area is 76.4 Å². The van der Waals surface area contributed by atoms with Crippen LogP contribution in [0.15, 0.2) is 24.3 Å². The number of rotatable bonds is 2. The van der Waals surface area contributed by atoms with Gasteiger partial charge in [0.1, 0.15) is 0 Å². The van der Waals surface area contributed by atoms with E-state index in [-0.39, 0.29) is 6.04 Å². The highest BCUT2D eigenvalue weighted by molar-refractivity contribution is 5.49. The first-order valence-corrected chi connectivity index (χ1v) is 4.28. The molecule has 0 radical (unpaired) electrons. The molecular formula is C10H11NO2. The molecule has 3 heteroatoms. The Bertz CT molecular complexity index is 324. The van der Waals surface area contributed by atoms with E-state index in [9.17, 15) is 9.90 Å². The van der Waals surface area contributed by atoms with Crippen molar-refractivity contribution in [1.82, 2.24) is 5.32 Å². The summed E-state index contributed by atoms with van der Waals surface area (Å²) in [6.07, 6.45) is 0.803. The van der Waals surface area contributed by atoms with Gasteiger partial charge < -0.3 is 10.4 Å². The summed E-state index contributed by atoms with van der Waals surface area (Å²) in [5, 5.41) is 12.4. The number of carbonyl (C=O) groups is 1. The minimum absolute atomic E-state index is 0.158. The third kappa shape index (κ3) is 1.31. The molecule has 0 saturated carbocycles. The van der Waals surface area contributed by atoms with Crippen LogP contribution in [0.4, 0.5) is 0 Å². The minimum Gasteiger partial charge on any atom is -0.386 e. The summed E-state index contributed by atoms with van der Waals surface area (Å²) in [5.74, 6) is 0. The van der Waals surface area contributed by atoms with Gasteiger partial charge in [-0.2, -0.15) is 0 Å². The number of hydrogen-bond donors (Lipinski definition) is 2. The topological polar surface area (TPSA) is 49.3 Å². The minimum atomic E-state index is -0.554. The van der Waals surface area contributed by atoms with Gasteiger partial charge in [0.25, 0.3) is 0 Å². The van der Waals surface area contributed by atoms with E-state index in [2.05, 4.69) is 5.32 Å². The summed E-state index contributed by atoms with van der Waals surface area (Å²) in [6.45, 7) is 0. The number of carbonyl (C=O) groups excluding carboxylic acids is 1. The molecule has 68 valence electrons. The molecule has 2 rings (SSSR count). The molecule has 1 aliphatic rings. The van der Waals surface area contributed by atoms with Gasteiger partial charge in [0, 0.05) is 0 Å². The molecule has 2 atom stereocenters. The second-order valence-corrected chi connectivity index (χ2v) is 3.24. The second-order valence-electron chi connectivity index (χ2n) is 3.24. The third-order valence-electron chi connectivity index (χ3n) is 2.48. The smallest absolute Gasteiger partial charge is 0.207 e. The van der Waals surface area contributed by atoms with Crippen molar-refractivity contribution in [3.63, 3.8) is 0 Å². The highest BCUT2D eigenvalue weighted by atomic mass is 16.3. The molecule has 0 fully saturated rings. The largest absolute Gasteiger partial charge is 0.386 e. The predicted octanol–water partition coefficient (Wildman–Crippen LogP) is 0.391. The average Bonchev–Trinajstić information content (AvgIpc) is 2.46. The summed E-state index contributed by atoms with van der Waals surface area (Å²) >= 11 is 0. The number of aliphatic hydroxyl groups excluding tert-OH is 1. The monoisotopic (exact) mass is 177 g/mol. The summed E-state index contributed by atoms with van der Waals surface area (Å²) in [4.78, 5) is 10.2. The molecule has 2 N–H and O–H groups in total. The zero-order chi connectivity index (χ0) is 9.26. The first-order chi connectivity index (χ1) is 6.33. The highest BCUT2D eigenvalue weighted by Gasteiger charge is 2.29. The molecule has 0 heterocycles. The Kier molecular flexibility index (Phi) is 2.02. The quantitative estimate of drug-likeness (QED) is 0.642. The molecule has 13 heavy (non-hydrogen) atoms. The lowest BCUT2D eigenvalue weighted by atomic mass is 10.1. The van der Waals surface area contributed by atoms with Gasteiger partial charge in [-0.15, -0.1) is 0 Å². The average molecular weight is 177 g/mol. The molecule has 0 spiro atoms. The van der Waals surface area contributed by atoms with E-state index < -0.39 is 6.10 Å². The van der Waals surface area contributed by atoms with Crippen molar-refractivity contribution in [2.24, 2.45) is 0 Å². The van der Waals surface area contributed by atoms with Crippen LogP contribution in [-0.4, -0.2) is 17.6 Å². The van der Waals surface area contributed by atoms with Crippen molar-refractivity contribution < 1.29 is 9.90 Å². The van der Waals surface area contributed by atoms with Gasteiger partial charge in [-0.1, -0.05) is 24.3 Å². The maximum Gasteiger partial charge on any atom is 0.207 e. The lowest BCUT2D eigenvalue weighted by Crippen LogP contribution is -2.31. The van der Waals surface area contributed by atoms with E-state index in [0.717, 1.165) is 17.5 Å². The number of benzene rings is 1. The van der Waals surface area contributed by atoms with Gasteiger partial charge in [-0.05, 0) is 17.5 Å². The normalized spacial score (nSPS) is 25.3. The van der Waals surface area contributed by atoms with Crippen LogP contribution in [0, 0.1) is 0 Å². The first-order valence-electron chi connectivity index (χ1n) is 4.28. The second kappa shape index (κ2) is 3.18. The number of hydrogen-bond acceptors (Lipinski definition) is 2. The van der Waals surface area contributed by atoms with Gasteiger partial charge in [0.05, 0.1) is 12.1 Å². The summed E-state index contributed by atoms with van der Waals surface area (Å²) < 4.78 is 0. The number of nitrogens with one attached hydrogen (secondary N) is 1. The van der Waals surface area contributed by atoms with E-state index >= 15 is 0 Å². The van der Waals surface area contributed by atoms with E-state index in [1.54, 1.807) is 0 Å². The Morgan fingerprint density at radius 1 is 1.46 bits per heavy atom. The van der Waals surface area contributed by atoms with Crippen LogP contribution in [0.5, 0.6) is 0 Å². The molecule has 1 aromatic rings. The van der Waals surface area contributed by atoms with Crippen molar-refractivity contribution in [3.05, 3.63) is 35.4 Å². The molecule has 0 bridgehead atoms. The lowest BCUT2D eigenvalue weighted by Gasteiger charge is -2.12. The third-order valence-corrected chi connectivity index (χ3v) is 2.48. The Morgan fingerprint density at radius 2 is 2.23 bits per heavy atom. The Balaban J connectivity index is 2.27. The molecule has 1 amide bonds. The van der Waals surface area contributed by atoms with Gasteiger partial charge in [0.15, 0.2) is 0 Å². The van der Waals surface area contributed by atoms with Gasteiger partial charge >= 0.3 is 0 Å². The van der Waals surface area contributed by atoms with Crippen LogP contribution in [-0.2, 0) is 11.2 Å². The first kappa shape index (κ1) is 8.26. The standard InChI is InChI=1S/C10H11NO2/c12-6-11-9-5-7-3-1-2-4-8(7)10(9)13/h1-4,6,9-10,13H,5H2,(H,11,12). The van der Waals surface area contributed by atoms with E-state index in [1.807, 2.05) is 24.3 Å². The fraction of sp³-hybridized carbons (Fsp3) is 0.300. The summed E-state index contributed by atoms with van der Waals surface area (Å²) in [5.41, 5.74) is 2.05. The van der Waals surface area contributed by atoms with Crippen molar-refractivity contribution >= 4 is 6.41 Å². The molecule has 3 nitrogen and oxygen atoms in total. The zero-order valence-corrected chi connectivity index (χ0v) is 7.10. The fourth-order valence-corrected chi connectivity index (χ4v) is 1.81. The van der Waals surface area contributed by atoms with Crippen LogP contribution in [0.25, 0.3) is 0 Å². The molecule has 2 unspecified atom stereocenters. The lowest BCUT2D eigenvalue weighted by molar-refractivity contribution is -0.110. The summed E-state index contributed by atoms with van der Waals surface area (Å²) in [6, 6.07) is 7.55. The molecule has 1 aliphatic carbocycles. The molecule has 0 aromatic heterocycles. The van der Waals surface area contributed by atoms with Crippen LogP contribution < -0.4 is 5.32 Å². The van der Waals surface area contributed by atoms with E-state index in [1.165, 1.54) is 0 Å². The van der Waals surface area contributed by atoms with Crippen molar-refractivity contribution in [2.45, 2.75) is 18.6 Å². The van der Waals surface area contributed by atoms with Crippen molar-refractivity contribution in [3.8, 4) is 0 Å². The van der Waals surface area contributed by atoms with Crippen LogP contribution in [0.2, 0.25) is 0 Å². The van der Waals surface area contributed by atoms with Crippen LogP contribution in [0.1, 0.15) is 17.2 Å². The fourth-order valence-electron chi connectivity index (χ4n) is 1.81. The van der Waals surface area contributed by atoms with Gasteiger partial charge in [-0.25, -0.2) is 0 Å². The number of amides is 1. The van der Waals surface area contributed by atoms with E-state index in [4.69, 9.17) is 0 Å². The number of aliphatic hydroxyl groups is 1.